The number of rotatable bonds is 22. The van der Waals surface area contributed by atoms with Crippen LogP contribution in [0.2, 0.25) is 0 Å². The van der Waals surface area contributed by atoms with E-state index in [0.717, 1.165) is 24.0 Å². The highest BCUT2D eigenvalue weighted by molar-refractivity contribution is 5.47. The van der Waals surface area contributed by atoms with Crippen molar-refractivity contribution in [2.45, 2.75) is 168 Å². The van der Waals surface area contributed by atoms with E-state index in [9.17, 15) is 10.2 Å². The van der Waals surface area contributed by atoms with Crippen LogP contribution in [0, 0.1) is 0 Å². The molecule has 1 rings (SSSR count). The Hall–Kier alpha value is -1.18. The molecule has 0 aliphatic rings. The molecule has 1 aromatic rings. The highest BCUT2D eigenvalue weighted by Crippen LogP contribution is 2.39. The first kappa shape index (κ1) is 30.9. The molecule has 0 aromatic heterocycles. The summed E-state index contributed by atoms with van der Waals surface area (Å²) in [6.07, 6.45) is 26.2. The first-order valence-corrected chi connectivity index (χ1v) is 15.1. The predicted octanol–water partition coefficient (Wildman–Crippen LogP) is 11.1. The maximum absolute atomic E-state index is 10.7. The fourth-order valence-corrected chi connectivity index (χ4v) is 5.23. The Morgan fingerprint density at radius 1 is 0.471 bits per heavy atom. The van der Waals surface area contributed by atoms with Crippen molar-refractivity contribution in [2.75, 3.05) is 0 Å². The number of hydrogen-bond donors (Lipinski definition) is 2. The molecular weight excluding hydrogens is 416 g/mol. The van der Waals surface area contributed by atoms with Gasteiger partial charge in [-0.1, -0.05) is 143 Å². The van der Waals surface area contributed by atoms with Crippen molar-refractivity contribution in [1.82, 2.24) is 0 Å². The number of phenolic OH excluding ortho intramolecular Hbond substituents is 2. The van der Waals surface area contributed by atoms with E-state index in [1.54, 1.807) is 0 Å². The van der Waals surface area contributed by atoms with Crippen molar-refractivity contribution < 1.29 is 10.2 Å². The lowest BCUT2D eigenvalue weighted by atomic mass is 9.88. The summed E-state index contributed by atoms with van der Waals surface area (Å²) in [7, 11) is 0. The molecule has 0 heterocycles. The molecule has 0 fully saturated rings. The summed E-state index contributed by atoms with van der Waals surface area (Å²) in [6.45, 7) is 8.91. The van der Waals surface area contributed by atoms with E-state index in [2.05, 4.69) is 27.7 Å². The lowest BCUT2D eigenvalue weighted by Crippen LogP contribution is -1.99. The van der Waals surface area contributed by atoms with Crippen molar-refractivity contribution in [3.05, 3.63) is 23.3 Å². The molecule has 2 nitrogen and oxygen atoms in total. The monoisotopic (exact) mass is 474 g/mol. The van der Waals surface area contributed by atoms with Crippen molar-refractivity contribution >= 4 is 0 Å². The van der Waals surface area contributed by atoms with Crippen molar-refractivity contribution in [3.8, 4) is 11.5 Å². The van der Waals surface area contributed by atoms with Gasteiger partial charge >= 0.3 is 0 Å². The Kier molecular flexibility index (Phi) is 18.2. The molecule has 2 heteroatoms. The molecule has 0 radical (unpaired) electrons. The molecule has 0 aliphatic carbocycles. The van der Waals surface area contributed by atoms with Crippen LogP contribution in [0.3, 0.4) is 0 Å². The molecule has 1 aromatic carbocycles. The fraction of sp³-hybridized carbons (Fsp3) is 0.812. The Balaban J connectivity index is 2.29. The van der Waals surface area contributed by atoms with Gasteiger partial charge in [0.2, 0.25) is 0 Å². The Morgan fingerprint density at radius 2 is 0.735 bits per heavy atom. The van der Waals surface area contributed by atoms with Crippen LogP contribution in [0.25, 0.3) is 0 Å². The van der Waals surface area contributed by atoms with Gasteiger partial charge in [-0.25, -0.2) is 0 Å². The summed E-state index contributed by atoms with van der Waals surface area (Å²) in [4.78, 5) is 0. The molecule has 0 bridgehead atoms. The van der Waals surface area contributed by atoms with Gasteiger partial charge in [-0.2, -0.15) is 0 Å². The third-order valence-corrected chi connectivity index (χ3v) is 7.72. The molecule has 2 N–H and O–H groups in total. The third-order valence-electron chi connectivity index (χ3n) is 7.72. The maximum Gasteiger partial charge on any atom is 0.119 e. The first-order valence-electron chi connectivity index (χ1n) is 15.1. The van der Waals surface area contributed by atoms with E-state index in [-0.39, 0.29) is 11.8 Å². The fourth-order valence-electron chi connectivity index (χ4n) is 5.23. The molecule has 0 spiro atoms. The predicted molar refractivity (Wildman–Crippen MR) is 150 cm³/mol. The molecule has 0 amide bonds. The van der Waals surface area contributed by atoms with Crippen LogP contribution in [0.4, 0.5) is 0 Å². The minimum atomic E-state index is 0.289. The zero-order valence-corrected chi connectivity index (χ0v) is 23.3. The molecule has 0 saturated heterocycles. The van der Waals surface area contributed by atoms with Gasteiger partial charge in [0.25, 0.3) is 0 Å². The van der Waals surface area contributed by atoms with E-state index in [1.165, 1.54) is 116 Å². The maximum atomic E-state index is 10.7. The van der Waals surface area contributed by atoms with E-state index >= 15 is 0 Å². The van der Waals surface area contributed by atoms with Gasteiger partial charge in [0.15, 0.2) is 0 Å². The van der Waals surface area contributed by atoms with Crippen LogP contribution in [0.15, 0.2) is 12.1 Å². The topological polar surface area (TPSA) is 40.5 Å². The largest absolute Gasteiger partial charge is 0.508 e. The molecule has 198 valence electrons. The number of unbranched alkanes of at least 4 members (excludes halogenated alkanes) is 16. The summed E-state index contributed by atoms with van der Waals surface area (Å²) in [5.41, 5.74) is 1.83. The van der Waals surface area contributed by atoms with Gasteiger partial charge in [-0.05, 0) is 36.8 Å². The number of benzene rings is 1. The molecule has 2 atom stereocenters. The van der Waals surface area contributed by atoms with Gasteiger partial charge in [0.1, 0.15) is 11.5 Å². The van der Waals surface area contributed by atoms with Crippen molar-refractivity contribution in [3.63, 3.8) is 0 Å². The van der Waals surface area contributed by atoms with Gasteiger partial charge < -0.3 is 10.2 Å². The van der Waals surface area contributed by atoms with Crippen LogP contribution < -0.4 is 0 Å². The van der Waals surface area contributed by atoms with E-state index < -0.39 is 0 Å². The Bertz CT molecular complexity index is 609. The summed E-state index contributed by atoms with van der Waals surface area (Å²) >= 11 is 0. The van der Waals surface area contributed by atoms with Gasteiger partial charge in [-0.15, -0.1) is 0 Å². The summed E-state index contributed by atoms with van der Waals surface area (Å²) in [6, 6.07) is 3.69. The van der Waals surface area contributed by atoms with Crippen LogP contribution in [0.1, 0.15) is 179 Å². The number of phenols is 2. The second-order valence-corrected chi connectivity index (χ2v) is 11.0. The zero-order chi connectivity index (χ0) is 25.0. The normalized spacial score (nSPS) is 13.3. The van der Waals surface area contributed by atoms with Gasteiger partial charge in [-0.3, -0.25) is 0 Å². The molecule has 0 aliphatic heterocycles. The number of hydrogen-bond acceptors (Lipinski definition) is 2. The standard InChI is InChI=1S/C32H58O2/c1-5-7-9-11-13-15-16-18-20-22-24-28(4)30-26-31(33)29(25-32(30)34)27(3)23-21-19-17-14-12-10-8-6-2/h25-28,33-34H,5-24H2,1-4H3. The molecule has 0 saturated carbocycles. The minimum Gasteiger partial charge on any atom is -0.508 e. The first-order chi connectivity index (χ1) is 16.5. The van der Waals surface area contributed by atoms with Crippen LogP contribution in [-0.2, 0) is 0 Å². The Labute approximate surface area is 213 Å². The minimum absolute atomic E-state index is 0.289. The van der Waals surface area contributed by atoms with Crippen molar-refractivity contribution in [1.29, 1.82) is 0 Å². The molecular formula is C32H58O2. The second kappa shape index (κ2) is 20.1. The smallest absolute Gasteiger partial charge is 0.119 e. The van der Waals surface area contributed by atoms with Crippen LogP contribution in [-0.4, -0.2) is 10.2 Å². The SMILES string of the molecule is CCCCCCCCCCCCC(C)c1cc(O)c(C(C)CCCCCCCCCC)cc1O. The average molecular weight is 475 g/mol. The highest BCUT2D eigenvalue weighted by Gasteiger charge is 2.17. The summed E-state index contributed by atoms with van der Waals surface area (Å²) in [5, 5.41) is 21.4. The zero-order valence-electron chi connectivity index (χ0n) is 23.3. The summed E-state index contributed by atoms with van der Waals surface area (Å²) < 4.78 is 0. The lowest BCUT2D eigenvalue weighted by Gasteiger charge is -2.19. The third kappa shape index (κ3) is 13.6. The number of aromatic hydroxyl groups is 2. The van der Waals surface area contributed by atoms with Crippen LogP contribution >= 0.6 is 0 Å². The van der Waals surface area contributed by atoms with E-state index in [4.69, 9.17) is 0 Å². The second-order valence-electron chi connectivity index (χ2n) is 11.0. The average Bonchev–Trinajstić information content (AvgIpc) is 2.82. The highest BCUT2D eigenvalue weighted by atomic mass is 16.3. The lowest BCUT2D eigenvalue weighted by molar-refractivity contribution is 0.433. The molecule has 2 unspecified atom stereocenters. The van der Waals surface area contributed by atoms with Gasteiger partial charge in [0.05, 0.1) is 0 Å². The van der Waals surface area contributed by atoms with Crippen LogP contribution in [0.5, 0.6) is 11.5 Å². The van der Waals surface area contributed by atoms with Gasteiger partial charge in [0, 0.05) is 11.1 Å². The quantitative estimate of drug-likeness (QED) is 0.129. The van der Waals surface area contributed by atoms with E-state index in [0.29, 0.717) is 11.5 Å². The molecule has 34 heavy (non-hydrogen) atoms. The van der Waals surface area contributed by atoms with E-state index in [1.807, 2.05) is 12.1 Å². The van der Waals surface area contributed by atoms with Crippen molar-refractivity contribution in [2.24, 2.45) is 0 Å². The summed E-state index contributed by atoms with van der Waals surface area (Å²) in [5.74, 6) is 1.32. The Morgan fingerprint density at radius 3 is 1.03 bits per heavy atom.